The molecule has 0 spiro atoms. The van der Waals surface area contributed by atoms with Gasteiger partial charge in [0.15, 0.2) is 0 Å². The van der Waals surface area contributed by atoms with Gasteiger partial charge in [0.05, 0.1) is 12.3 Å². The largest absolute Gasteiger partial charge is 0.467 e. The summed E-state index contributed by atoms with van der Waals surface area (Å²) in [4.78, 5) is 0. The number of furan rings is 1. The molecule has 0 aliphatic carbocycles. The lowest BCUT2D eigenvalue weighted by atomic mass is 10.2. The van der Waals surface area contributed by atoms with Gasteiger partial charge in [-0.2, -0.15) is 0 Å². The van der Waals surface area contributed by atoms with Gasteiger partial charge in [0.25, 0.3) is 0 Å². The third-order valence-corrected chi connectivity index (χ3v) is 2.24. The summed E-state index contributed by atoms with van der Waals surface area (Å²) >= 11 is 0. The number of benzene rings is 1. The van der Waals surface area contributed by atoms with E-state index in [0.717, 1.165) is 17.1 Å². The highest BCUT2D eigenvalue weighted by atomic mass is 16.3. The van der Waals surface area contributed by atoms with Crippen LogP contribution in [0.5, 0.6) is 0 Å². The van der Waals surface area contributed by atoms with Crippen molar-refractivity contribution in [2.24, 2.45) is 0 Å². The topological polar surface area (TPSA) is 51.2 Å². The summed E-state index contributed by atoms with van der Waals surface area (Å²) in [6.07, 6.45) is 1.67. The average Bonchev–Trinajstić information content (AvgIpc) is 2.70. The third-order valence-electron chi connectivity index (χ3n) is 2.24. The van der Waals surface area contributed by atoms with Crippen LogP contribution in [-0.2, 0) is 0 Å². The zero-order valence-electron chi connectivity index (χ0n) is 8.60. The summed E-state index contributed by atoms with van der Waals surface area (Å²) in [5.74, 6) is 0.914. The van der Waals surface area contributed by atoms with Crippen LogP contribution in [0.25, 0.3) is 0 Å². The Balaban J connectivity index is 2.09. The first-order valence-corrected chi connectivity index (χ1v) is 4.91. The molecule has 3 nitrogen and oxygen atoms in total. The summed E-state index contributed by atoms with van der Waals surface area (Å²) in [6.45, 7) is 2.04. The van der Waals surface area contributed by atoms with Gasteiger partial charge in [-0.15, -0.1) is 0 Å². The maximum atomic E-state index is 5.69. The number of hydrogen-bond donors (Lipinski definition) is 2. The second kappa shape index (κ2) is 4.09. The van der Waals surface area contributed by atoms with E-state index in [1.807, 2.05) is 43.3 Å². The zero-order chi connectivity index (χ0) is 10.7. The molecule has 0 amide bonds. The fourth-order valence-corrected chi connectivity index (χ4v) is 1.49. The van der Waals surface area contributed by atoms with Gasteiger partial charge in [-0.3, -0.25) is 0 Å². The van der Waals surface area contributed by atoms with Gasteiger partial charge in [-0.05, 0) is 37.3 Å². The van der Waals surface area contributed by atoms with E-state index in [0.29, 0.717) is 0 Å². The van der Waals surface area contributed by atoms with Crippen LogP contribution in [0.15, 0.2) is 47.1 Å². The van der Waals surface area contributed by atoms with Crippen LogP contribution in [0.1, 0.15) is 18.7 Å². The summed E-state index contributed by atoms with van der Waals surface area (Å²) in [6, 6.07) is 11.6. The van der Waals surface area contributed by atoms with E-state index in [-0.39, 0.29) is 6.04 Å². The molecular formula is C12H14N2O. The lowest BCUT2D eigenvalue weighted by Crippen LogP contribution is -2.05. The molecule has 0 fully saturated rings. The van der Waals surface area contributed by atoms with Crippen molar-refractivity contribution in [2.75, 3.05) is 11.1 Å². The highest BCUT2D eigenvalue weighted by molar-refractivity contribution is 5.54. The van der Waals surface area contributed by atoms with Crippen LogP contribution in [0.4, 0.5) is 11.4 Å². The Labute approximate surface area is 88.9 Å². The molecule has 2 rings (SSSR count). The highest BCUT2D eigenvalue weighted by Gasteiger charge is 2.07. The third kappa shape index (κ3) is 2.31. The van der Waals surface area contributed by atoms with Crippen LogP contribution in [0.2, 0.25) is 0 Å². The molecule has 0 saturated carbocycles. The van der Waals surface area contributed by atoms with Crippen LogP contribution in [0.3, 0.4) is 0 Å². The van der Waals surface area contributed by atoms with E-state index in [1.165, 1.54) is 0 Å². The number of hydrogen-bond acceptors (Lipinski definition) is 3. The molecule has 0 aliphatic rings. The summed E-state index contributed by atoms with van der Waals surface area (Å²) in [7, 11) is 0. The molecule has 1 heterocycles. The van der Waals surface area contributed by atoms with Crippen LogP contribution < -0.4 is 11.1 Å². The first-order valence-electron chi connectivity index (χ1n) is 4.91. The second-order valence-corrected chi connectivity index (χ2v) is 3.51. The van der Waals surface area contributed by atoms with Gasteiger partial charge in [-0.1, -0.05) is 6.07 Å². The minimum atomic E-state index is 0.141. The maximum absolute atomic E-state index is 5.69. The molecule has 3 N–H and O–H groups in total. The second-order valence-electron chi connectivity index (χ2n) is 3.51. The number of nitrogens with one attached hydrogen (secondary N) is 1. The lowest BCUT2D eigenvalue weighted by molar-refractivity contribution is 0.490. The first-order chi connectivity index (χ1) is 7.25. The molecule has 1 unspecified atom stereocenters. The monoisotopic (exact) mass is 202 g/mol. The Morgan fingerprint density at radius 1 is 1.27 bits per heavy atom. The van der Waals surface area contributed by atoms with Crippen LogP contribution in [-0.4, -0.2) is 0 Å². The maximum Gasteiger partial charge on any atom is 0.125 e. The molecule has 0 saturated heterocycles. The Hall–Kier alpha value is -1.90. The smallest absolute Gasteiger partial charge is 0.125 e. The standard InChI is InChI=1S/C12H14N2O/c1-9(12-6-3-7-15-12)14-11-5-2-4-10(13)8-11/h2-9,14H,13H2,1H3. The predicted molar refractivity (Wildman–Crippen MR) is 61.6 cm³/mol. The van der Waals surface area contributed by atoms with Crippen molar-refractivity contribution in [3.05, 3.63) is 48.4 Å². The molecule has 15 heavy (non-hydrogen) atoms. The van der Waals surface area contributed by atoms with Gasteiger partial charge in [-0.25, -0.2) is 0 Å². The van der Waals surface area contributed by atoms with Crippen LogP contribution in [0, 0.1) is 0 Å². The van der Waals surface area contributed by atoms with E-state index in [4.69, 9.17) is 10.2 Å². The fourth-order valence-electron chi connectivity index (χ4n) is 1.49. The Bertz CT molecular complexity index is 423. The summed E-state index contributed by atoms with van der Waals surface area (Å²) in [5, 5.41) is 3.31. The molecule has 1 aromatic carbocycles. The summed E-state index contributed by atoms with van der Waals surface area (Å²) < 4.78 is 5.30. The van der Waals surface area contributed by atoms with Crippen molar-refractivity contribution in [2.45, 2.75) is 13.0 Å². The minimum Gasteiger partial charge on any atom is -0.467 e. The van der Waals surface area contributed by atoms with Gasteiger partial charge < -0.3 is 15.5 Å². The number of nitrogens with two attached hydrogens (primary N) is 1. The molecule has 78 valence electrons. The number of nitrogen functional groups attached to an aromatic ring is 1. The van der Waals surface area contributed by atoms with E-state index in [2.05, 4.69) is 5.32 Å². The zero-order valence-corrected chi connectivity index (χ0v) is 8.60. The van der Waals surface area contributed by atoms with Crippen molar-refractivity contribution in [1.29, 1.82) is 0 Å². The molecule has 0 aliphatic heterocycles. The van der Waals surface area contributed by atoms with Gasteiger partial charge >= 0.3 is 0 Å². The predicted octanol–water partition coefficient (Wildman–Crippen LogP) is 3.03. The molecule has 1 atom stereocenters. The highest BCUT2D eigenvalue weighted by Crippen LogP contribution is 2.20. The SMILES string of the molecule is CC(Nc1cccc(N)c1)c1ccco1. The van der Waals surface area contributed by atoms with Gasteiger partial charge in [0, 0.05) is 11.4 Å². The quantitative estimate of drug-likeness (QED) is 0.752. The van der Waals surface area contributed by atoms with E-state index < -0.39 is 0 Å². The Kier molecular flexibility index (Phi) is 2.63. The average molecular weight is 202 g/mol. The fraction of sp³-hybridized carbons (Fsp3) is 0.167. The van der Waals surface area contributed by atoms with Crippen molar-refractivity contribution in [1.82, 2.24) is 0 Å². The lowest BCUT2D eigenvalue weighted by Gasteiger charge is -2.12. The van der Waals surface area contributed by atoms with Crippen molar-refractivity contribution in [3.63, 3.8) is 0 Å². The van der Waals surface area contributed by atoms with Crippen molar-refractivity contribution >= 4 is 11.4 Å². The minimum absolute atomic E-state index is 0.141. The van der Waals surface area contributed by atoms with E-state index >= 15 is 0 Å². The van der Waals surface area contributed by atoms with Gasteiger partial charge in [0.2, 0.25) is 0 Å². The Morgan fingerprint density at radius 2 is 2.13 bits per heavy atom. The van der Waals surface area contributed by atoms with E-state index in [9.17, 15) is 0 Å². The normalized spacial score (nSPS) is 12.3. The molecule has 2 aromatic rings. The van der Waals surface area contributed by atoms with E-state index in [1.54, 1.807) is 6.26 Å². The summed E-state index contributed by atoms with van der Waals surface area (Å²) in [5.41, 5.74) is 7.44. The molecule has 0 bridgehead atoms. The van der Waals surface area contributed by atoms with Crippen molar-refractivity contribution < 1.29 is 4.42 Å². The molecular weight excluding hydrogens is 188 g/mol. The molecule has 0 radical (unpaired) electrons. The van der Waals surface area contributed by atoms with Crippen molar-refractivity contribution in [3.8, 4) is 0 Å². The molecule has 1 aromatic heterocycles. The van der Waals surface area contributed by atoms with Gasteiger partial charge in [0.1, 0.15) is 5.76 Å². The number of rotatable bonds is 3. The molecule has 3 heteroatoms. The first kappa shape index (κ1) is 9.65. The van der Waals surface area contributed by atoms with Crippen LogP contribution >= 0.6 is 0 Å². The Morgan fingerprint density at radius 3 is 2.80 bits per heavy atom. The number of anilines is 2.